The molecule has 1 fully saturated rings. The van der Waals surface area contributed by atoms with E-state index in [4.69, 9.17) is 11.5 Å². The molecule has 1 rings (SSSR count). The standard InChI is InChI=1S/C8H11N3O4/c9-5(12)3-4(8(10)15)11-6(13)1-2-7(11)14/h4H,1-3H2,(H2,9,12)(H2,10,15). The highest BCUT2D eigenvalue weighted by atomic mass is 16.2. The molecule has 4 amide bonds. The Balaban J connectivity index is 2.88. The summed E-state index contributed by atoms with van der Waals surface area (Å²) in [5.74, 6) is -2.68. The quantitative estimate of drug-likeness (QED) is 0.517. The van der Waals surface area contributed by atoms with Crippen LogP contribution in [0, 0.1) is 0 Å². The van der Waals surface area contributed by atoms with Crippen molar-refractivity contribution in [3.63, 3.8) is 0 Å². The van der Waals surface area contributed by atoms with Gasteiger partial charge < -0.3 is 11.5 Å². The summed E-state index contributed by atoms with van der Waals surface area (Å²) in [5.41, 5.74) is 9.89. The molecule has 0 bridgehead atoms. The molecule has 4 N–H and O–H groups in total. The summed E-state index contributed by atoms with van der Waals surface area (Å²) in [4.78, 5) is 44.9. The molecule has 0 aliphatic carbocycles. The van der Waals surface area contributed by atoms with E-state index in [9.17, 15) is 19.2 Å². The fourth-order valence-electron chi connectivity index (χ4n) is 1.45. The van der Waals surface area contributed by atoms with Crippen molar-refractivity contribution in [2.24, 2.45) is 11.5 Å². The topological polar surface area (TPSA) is 124 Å². The number of nitrogens with two attached hydrogens (primary N) is 2. The zero-order chi connectivity index (χ0) is 11.6. The van der Waals surface area contributed by atoms with Crippen molar-refractivity contribution in [1.29, 1.82) is 0 Å². The smallest absolute Gasteiger partial charge is 0.241 e. The molecular formula is C8H11N3O4. The number of carbonyl (C=O) groups excluding carboxylic acids is 4. The van der Waals surface area contributed by atoms with Crippen LogP contribution in [-0.4, -0.2) is 34.6 Å². The largest absolute Gasteiger partial charge is 0.370 e. The van der Waals surface area contributed by atoms with Gasteiger partial charge in [0.05, 0.1) is 6.42 Å². The Morgan fingerprint density at radius 2 is 1.67 bits per heavy atom. The fourth-order valence-corrected chi connectivity index (χ4v) is 1.45. The first-order chi connectivity index (χ1) is 6.93. The fraction of sp³-hybridized carbons (Fsp3) is 0.500. The second-order valence-corrected chi connectivity index (χ2v) is 3.25. The molecule has 1 heterocycles. The maximum Gasteiger partial charge on any atom is 0.241 e. The molecular weight excluding hydrogens is 202 g/mol. The molecule has 1 unspecified atom stereocenters. The van der Waals surface area contributed by atoms with Crippen molar-refractivity contribution in [3.05, 3.63) is 0 Å². The van der Waals surface area contributed by atoms with Crippen molar-refractivity contribution in [1.82, 2.24) is 4.90 Å². The molecule has 1 saturated heterocycles. The average molecular weight is 213 g/mol. The Morgan fingerprint density at radius 1 is 1.20 bits per heavy atom. The van der Waals surface area contributed by atoms with Crippen LogP contribution in [0.1, 0.15) is 19.3 Å². The highest BCUT2D eigenvalue weighted by Crippen LogP contribution is 2.17. The third-order valence-corrected chi connectivity index (χ3v) is 2.12. The van der Waals surface area contributed by atoms with Crippen LogP contribution < -0.4 is 11.5 Å². The van der Waals surface area contributed by atoms with Crippen molar-refractivity contribution in [2.45, 2.75) is 25.3 Å². The van der Waals surface area contributed by atoms with Gasteiger partial charge in [-0.2, -0.15) is 0 Å². The van der Waals surface area contributed by atoms with E-state index < -0.39 is 36.1 Å². The van der Waals surface area contributed by atoms with E-state index in [0.717, 1.165) is 4.90 Å². The lowest BCUT2D eigenvalue weighted by atomic mass is 10.1. The van der Waals surface area contributed by atoms with Gasteiger partial charge in [-0.15, -0.1) is 0 Å². The van der Waals surface area contributed by atoms with Crippen LogP contribution in [0.25, 0.3) is 0 Å². The number of amides is 4. The van der Waals surface area contributed by atoms with Gasteiger partial charge in [0.25, 0.3) is 0 Å². The molecule has 7 nitrogen and oxygen atoms in total. The second-order valence-electron chi connectivity index (χ2n) is 3.25. The van der Waals surface area contributed by atoms with E-state index in [0.29, 0.717) is 0 Å². The Bertz CT molecular complexity index is 323. The summed E-state index contributed by atoms with van der Waals surface area (Å²) in [5, 5.41) is 0. The van der Waals surface area contributed by atoms with Gasteiger partial charge >= 0.3 is 0 Å². The van der Waals surface area contributed by atoms with Crippen LogP contribution in [0.5, 0.6) is 0 Å². The second kappa shape index (κ2) is 4.07. The van der Waals surface area contributed by atoms with Crippen LogP contribution in [0.2, 0.25) is 0 Å². The molecule has 0 aromatic heterocycles. The molecule has 1 atom stereocenters. The van der Waals surface area contributed by atoms with Gasteiger partial charge in [-0.3, -0.25) is 24.1 Å². The molecule has 0 saturated carbocycles. The van der Waals surface area contributed by atoms with Crippen LogP contribution in [-0.2, 0) is 19.2 Å². The highest BCUT2D eigenvalue weighted by molar-refractivity contribution is 6.06. The van der Waals surface area contributed by atoms with E-state index in [1.54, 1.807) is 0 Å². The van der Waals surface area contributed by atoms with Gasteiger partial charge in [0, 0.05) is 12.8 Å². The van der Waals surface area contributed by atoms with E-state index in [1.807, 2.05) is 0 Å². The van der Waals surface area contributed by atoms with E-state index in [1.165, 1.54) is 0 Å². The Hall–Kier alpha value is -1.92. The lowest BCUT2D eigenvalue weighted by molar-refractivity contribution is -0.146. The summed E-state index contributed by atoms with van der Waals surface area (Å²) >= 11 is 0. The van der Waals surface area contributed by atoms with Crippen molar-refractivity contribution >= 4 is 23.6 Å². The zero-order valence-corrected chi connectivity index (χ0v) is 7.93. The number of primary amides is 2. The maximum atomic E-state index is 11.3. The van der Waals surface area contributed by atoms with Crippen LogP contribution in [0.15, 0.2) is 0 Å². The summed E-state index contributed by atoms with van der Waals surface area (Å²) < 4.78 is 0. The Kier molecular flexibility index (Phi) is 3.03. The number of nitrogens with zero attached hydrogens (tertiary/aromatic N) is 1. The molecule has 15 heavy (non-hydrogen) atoms. The van der Waals surface area contributed by atoms with Crippen LogP contribution in [0.4, 0.5) is 0 Å². The molecule has 0 aromatic rings. The Morgan fingerprint density at radius 3 is 2.00 bits per heavy atom. The number of rotatable bonds is 4. The van der Waals surface area contributed by atoms with E-state index in [-0.39, 0.29) is 12.8 Å². The molecule has 7 heteroatoms. The van der Waals surface area contributed by atoms with Crippen molar-refractivity contribution < 1.29 is 19.2 Å². The predicted octanol–water partition coefficient (Wildman–Crippen LogP) is -2.14. The number of carbonyl (C=O) groups is 4. The Labute approximate surface area is 85.4 Å². The third-order valence-electron chi connectivity index (χ3n) is 2.12. The van der Waals surface area contributed by atoms with Crippen LogP contribution in [0.3, 0.4) is 0 Å². The molecule has 0 spiro atoms. The SMILES string of the molecule is NC(=O)CC(C(N)=O)N1C(=O)CCC1=O. The molecule has 0 aromatic carbocycles. The third kappa shape index (κ3) is 2.30. The molecule has 0 radical (unpaired) electrons. The molecule has 1 aliphatic heterocycles. The molecule has 1 aliphatic rings. The minimum atomic E-state index is -1.25. The first kappa shape index (κ1) is 11.2. The van der Waals surface area contributed by atoms with Gasteiger partial charge in [0.15, 0.2) is 0 Å². The minimum Gasteiger partial charge on any atom is -0.370 e. The first-order valence-electron chi connectivity index (χ1n) is 4.36. The minimum absolute atomic E-state index is 0.0430. The summed E-state index contributed by atoms with van der Waals surface area (Å²) in [7, 11) is 0. The van der Waals surface area contributed by atoms with E-state index in [2.05, 4.69) is 0 Å². The normalized spacial score (nSPS) is 18.0. The van der Waals surface area contributed by atoms with E-state index >= 15 is 0 Å². The highest BCUT2D eigenvalue weighted by Gasteiger charge is 2.38. The van der Waals surface area contributed by atoms with Gasteiger partial charge in [0.1, 0.15) is 6.04 Å². The van der Waals surface area contributed by atoms with Gasteiger partial charge in [-0.05, 0) is 0 Å². The van der Waals surface area contributed by atoms with Crippen molar-refractivity contribution in [3.8, 4) is 0 Å². The number of likely N-dealkylation sites (tertiary alicyclic amines) is 1. The number of hydrogen-bond donors (Lipinski definition) is 2. The summed E-state index contributed by atoms with van der Waals surface area (Å²) in [6.07, 6.45) is -0.338. The molecule has 82 valence electrons. The van der Waals surface area contributed by atoms with Gasteiger partial charge in [-0.25, -0.2) is 0 Å². The summed E-state index contributed by atoms with van der Waals surface area (Å²) in [6.45, 7) is 0. The predicted molar refractivity (Wildman–Crippen MR) is 47.9 cm³/mol. The zero-order valence-electron chi connectivity index (χ0n) is 7.93. The first-order valence-corrected chi connectivity index (χ1v) is 4.36. The van der Waals surface area contributed by atoms with Crippen molar-refractivity contribution in [2.75, 3.05) is 0 Å². The lowest BCUT2D eigenvalue weighted by Gasteiger charge is -2.21. The number of hydrogen-bond acceptors (Lipinski definition) is 4. The number of imide groups is 1. The maximum absolute atomic E-state index is 11.3. The van der Waals surface area contributed by atoms with Crippen LogP contribution >= 0.6 is 0 Å². The van der Waals surface area contributed by atoms with Gasteiger partial charge in [0.2, 0.25) is 23.6 Å². The van der Waals surface area contributed by atoms with Gasteiger partial charge in [-0.1, -0.05) is 0 Å². The lowest BCUT2D eigenvalue weighted by Crippen LogP contribution is -2.49. The summed E-state index contributed by atoms with van der Waals surface area (Å²) in [6, 6.07) is -1.25. The average Bonchev–Trinajstić information content (AvgIpc) is 2.42. The monoisotopic (exact) mass is 213 g/mol.